The van der Waals surface area contributed by atoms with Crippen molar-refractivity contribution < 1.29 is 4.57 Å². The van der Waals surface area contributed by atoms with Crippen LogP contribution in [-0.2, 0) is 6.54 Å². The first kappa shape index (κ1) is 25.3. The van der Waals surface area contributed by atoms with Gasteiger partial charge in [-0.1, -0.05) is 126 Å². The van der Waals surface area contributed by atoms with Gasteiger partial charge >= 0.3 is 5.13 Å². The molecule has 0 N–H and O–H groups in total. The topological polar surface area (TPSA) is 7.12 Å². The summed E-state index contributed by atoms with van der Waals surface area (Å²) in [6.45, 7) is 8.22. The van der Waals surface area contributed by atoms with Crippen molar-refractivity contribution in [1.29, 1.82) is 0 Å². The van der Waals surface area contributed by atoms with E-state index in [9.17, 15) is 0 Å². The second-order valence-corrected chi connectivity index (χ2v) is 10.9. The third kappa shape index (κ3) is 7.90. The summed E-state index contributed by atoms with van der Waals surface area (Å²) in [6.07, 6.45) is 21.3. The molecule has 0 unspecified atom stereocenters. The molecule has 0 aliphatic carbocycles. The normalized spacial score (nSPS) is 13.5. The first-order valence-electron chi connectivity index (χ1n) is 13.6. The smallest absolute Gasteiger partial charge is 0.252 e. The molecule has 2 heterocycles. The van der Waals surface area contributed by atoms with Gasteiger partial charge in [-0.05, 0) is 19.8 Å². The van der Waals surface area contributed by atoms with E-state index in [0.29, 0.717) is 0 Å². The number of hydrogen-bond acceptors (Lipinski definition) is 2. The highest BCUT2D eigenvalue weighted by atomic mass is 32.1. The van der Waals surface area contributed by atoms with Gasteiger partial charge in [0.2, 0.25) is 0 Å². The number of anilines is 1. The van der Waals surface area contributed by atoms with Crippen molar-refractivity contribution in [3.63, 3.8) is 0 Å². The van der Waals surface area contributed by atoms with E-state index in [1.165, 1.54) is 137 Å². The van der Waals surface area contributed by atoms with Gasteiger partial charge in [0.1, 0.15) is 5.69 Å². The Morgan fingerprint density at radius 1 is 0.781 bits per heavy atom. The van der Waals surface area contributed by atoms with Crippen LogP contribution >= 0.6 is 11.3 Å². The van der Waals surface area contributed by atoms with Crippen LogP contribution < -0.4 is 9.47 Å². The van der Waals surface area contributed by atoms with E-state index >= 15 is 0 Å². The number of thiazole rings is 1. The van der Waals surface area contributed by atoms with Crippen molar-refractivity contribution in [2.45, 2.75) is 117 Å². The van der Waals surface area contributed by atoms with E-state index in [-0.39, 0.29) is 0 Å². The molecular formula is C29H47N2S+. The van der Waals surface area contributed by atoms with E-state index in [0.717, 1.165) is 0 Å². The molecule has 2 nitrogen and oxygen atoms in total. The first-order chi connectivity index (χ1) is 15.8. The Morgan fingerprint density at radius 2 is 1.34 bits per heavy atom. The third-order valence-electron chi connectivity index (χ3n) is 6.99. The summed E-state index contributed by atoms with van der Waals surface area (Å²) in [7, 11) is 0. The van der Waals surface area contributed by atoms with Gasteiger partial charge in [-0.25, -0.2) is 4.57 Å². The minimum atomic E-state index is 1.17. The van der Waals surface area contributed by atoms with Gasteiger partial charge in [0.15, 0.2) is 0 Å². The number of rotatable bonds is 16. The molecule has 3 heteroatoms. The fraction of sp³-hybridized carbons (Fsp3) is 0.690. The third-order valence-corrected chi connectivity index (χ3v) is 8.15. The van der Waals surface area contributed by atoms with Crippen LogP contribution in [0, 0.1) is 6.92 Å². The summed E-state index contributed by atoms with van der Waals surface area (Å²) in [6, 6.07) is 11.0. The lowest BCUT2D eigenvalue weighted by molar-refractivity contribution is -0.674. The summed E-state index contributed by atoms with van der Waals surface area (Å²) in [4.78, 5) is 4.12. The maximum Gasteiger partial charge on any atom is 0.336 e. The summed E-state index contributed by atoms with van der Waals surface area (Å²) in [5.41, 5.74) is 2.81. The highest BCUT2D eigenvalue weighted by molar-refractivity contribution is 7.15. The first-order valence-corrected chi connectivity index (χ1v) is 14.5. The highest BCUT2D eigenvalue weighted by Crippen LogP contribution is 2.32. The van der Waals surface area contributed by atoms with Gasteiger partial charge in [-0.3, -0.25) is 4.90 Å². The minimum Gasteiger partial charge on any atom is -0.252 e. The van der Waals surface area contributed by atoms with Crippen LogP contribution in [0.25, 0.3) is 11.3 Å². The highest BCUT2D eigenvalue weighted by Gasteiger charge is 2.31. The molecule has 0 amide bonds. The standard InChI is InChI=1S/C29H47N2S/c1-3-4-5-6-7-8-9-10-11-12-13-14-15-19-23-30-24-20-25-31-28(26(2)32-29(30)31)27-21-17-16-18-22-27/h16-18,21-22H,3-15,19-20,23-25H2,1-2H3/q+1. The predicted octanol–water partition coefficient (Wildman–Crippen LogP) is 8.70. The summed E-state index contributed by atoms with van der Waals surface area (Å²) < 4.78 is 2.59. The number of fused-ring (bicyclic) bond motifs is 1. The number of aromatic nitrogens is 1. The van der Waals surface area contributed by atoms with Gasteiger partial charge < -0.3 is 0 Å². The molecule has 1 aliphatic rings. The van der Waals surface area contributed by atoms with E-state index in [4.69, 9.17) is 0 Å². The van der Waals surface area contributed by atoms with Gasteiger partial charge in [-0.15, -0.1) is 0 Å². The molecule has 1 aliphatic heterocycles. The maximum atomic E-state index is 2.66. The lowest BCUT2D eigenvalue weighted by Gasteiger charge is -2.22. The largest absolute Gasteiger partial charge is 0.336 e. The number of aryl methyl sites for hydroxylation is 1. The van der Waals surface area contributed by atoms with Crippen molar-refractivity contribution in [3.05, 3.63) is 35.2 Å². The Bertz CT molecular complexity index is 752. The van der Waals surface area contributed by atoms with Crippen LogP contribution in [0.4, 0.5) is 5.13 Å². The SMILES string of the molecule is CCCCCCCCCCCCCCCCN1CCC[n+]2c1sc(C)c2-c1ccccc1. The summed E-state index contributed by atoms with van der Waals surface area (Å²) >= 11 is 2.00. The zero-order chi connectivity index (χ0) is 22.4. The van der Waals surface area contributed by atoms with Crippen molar-refractivity contribution in [1.82, 2.24) is 0 Å². The summed E-state index contributed by atoms with van der Waals surface area (Å²) in [5, 5.41) is 1.49. The monoisotopic (exact) mass is 455 g/mol. The number of benzene rings is 1. The van der Waals surface area contributed by atoms with E-state index < -0.39 is 0 Å². The van der Waals surface area contributed by atoms with E-state index in [2.05, 4.69) is 53.6 Å². The van der Waals surface area contributed by atoms with Gasteiger partial charge in [-0.2, -0.15) is 0 Å². The van der Waals surface area contributed by atoms with Crippen molar-refractivity contribution >= 4 is 16.5 Å². The maximum absolute atomic E-state index is 2.66. The average molecular weight is 456 g/mol. The minimum absolute atomic E-state index is 1.17. The zero-order valence-corrected chi connectivity index (χ0v) is 21.7. The van der Waals surface area contributed by atoms with Crippen LogP contribution in [0.3, 0.4) is 0 Å². The Labute approximate surface area is 202 Å². The number of unbranched alkanes of at least 4 members (excludes halogenated alkanes) is 13. The number of nitrogens with zero attached hydrogens (tertiary/aromatic N) is 2. The second-order valence-electron chi connectivity index (χ2n) is 9.74. The predicted molar refractivity (Wildman–Crippen MR) is 142 cm³/mol. The molecule has 0 spiro atoms. The molecule has 2 aromatic rings. The fourth-order valence-electron chi connectivity index (χ4n) is 5.14. The summed E-state index contributed by atoms with van der Waals surface area (Å²) in [5.74, 6) is 0. The molecule has 0 atom stereocenters. The van der Waals surface area contributed by atoms with Crippen LogP contribution in [0.15, 0.2) is 30.3 Å². The molecule has 178 valence electrons. The molecule has 3 rings (SSSR count). The Morgan fingerprint density at radius 3 is 1.94 bits per heavy atom. The molecule has 0 bridgehead atoms. The molecule has 0 saturated carbocycles. The van der Waals surface area contributed by atoms with Gasteiger partial charge in [0.05, 0.1) is 24.5 Å². The van der Waals surface area contributed by atoms with Crippen LogP contribution in [-0.4, -0.2) is 13.1 Å². The van der Waals surface area contributed by atoms with Crippen LogP contribution in [0.2, 0.25) is 0 Å². The van der Waals surface area contributed by atoms with Crippen LogP contribution in [0.1, 0.15) is 108 Å². The number of hydrogen-bond donors (Lipinski definition) is 0. The van der Waals surface area contributed by atoms with Crippen molar-refractivity contribution in [2.75, 3.05) is 18.0 Å². The Hall–Kier alpha value is -1.35. The molecule has 32 heavy (non-hydrogen) atoms. The fourth-order valence-corrected chi connectivity index (χ4v) is 6.35. The average Bonchev–Trinajstić information content (AvgIpc) is 3.16. The molecule has 0 saturated heterocycles. The molecule has 1 aromatic carbocycles. The zero-order valence-electron chi connectivity index (χ0n) is 20.9. The van der Waals surface area contributed by atoms with Gasteiger partial charge in [0.25, 0.3) is 0 Å². The van der Waals surface area contributed by atoms with Crippen LogP contribution in [0.5, 0.6) is 0 Å². The van der Waals surface area contributed by atoms with E-state index in [1.54, 1.807) is 0 Å². The molecular weight excluding hydrogens is 408 g/mol. The molecule has 1 aromatic heterocycles. The molecule has 0 radical (unpaired) electrons. The van der Waals surface area contributed by atoms with Gasteiger partial charge in [0, 0.05) is 12.0 Å². The van der Waals surface area contributed by atoms with E-state index in [1.807, 2.05) is 11.3 Å². The van der Waals surface area contributed by atoms with Crippen molar-refractivity contribution in [2.24, 2.45) is 0 Å². The second kappa shape index (κ2) is 14.7. The van der Waals surface area contributed by atoms with Crippen molar-refractivity contribution in [3.8, 4) is 11.3 Å². The Kier molecular flexibility index (Phi) is 11.6. The quantitative estimate of drug-likeness (QED) is 0.181. The lowest BCUT2D eigenvalue weighted by atomic mass is 10.0. The Balaban J connectivity index is 1.28. The molecule has 0 fully saturated rings. The lowest BCUT2D eigenvalue weighted by Crippen LogP contribution is -2.47.